The van der Waals surface area contributed by atoms with Gasteiger partial charge in [0.25, 0.3) is 5.91 Å². The maximum atomic E-state index is 12.9. The van der Waals surface area contributed by atoms with Gasteiger partial charge < -0.3 is 9.80 Å². The lowest BCUT2D eigenvalue weighted by Gasteiger charge is -2.34. The van der Waals surface area contributed by atoms with Crippen LogP contribution in [-0.2, 0) is 10.0 Å². The number of carbonyl (C=O) groups excluding carboxylic acids is 1. The van der Waals surface area contributed by atoms with E-state index in [1.165, 1.54) is 16.4 Å². The van der Waals surface area contributed by atoms with Crippen LogP contribution in [0.25, 0.3) is 0 Å². The van der Waals surface area contributed by atoms with Crippen LogP contribution in [0.1, 0.15) is 10.4 Å². The Morgan fingerprint density at radius 3 is 2.03 bits per heavy atom. The van der Waals surface area contributed by atoms with Gasteiger partial charge in [0.2, 0.25) is 10.0 Å². The highest BCUT2D eigenvalue weighted by Gasteiger charge is 2.30. The first kappa shape index (κ1) is 22.3. The Morgan fingerprint density at radius 1 is 0.875 bits per heavy atom. The molecule has 0 saturated carbocycles. The van der Waals surface area contributed by atoms with Gasteiger partial charge in [-0.15, -0.1) is 0 Å². The lowest BCUT2D eigenvalue weighted by molar-refractivity contribution is 0.0698. The summed E-state index contributed by atoms with van der Waals surface area (Å²) in [6.45, 7) is 1.17. The molecule has 1 amide bonds. The molecule has 9 heteroatoms. The van der Waals surface area contributed by atoms with Crippen molar-refractivity contribution in [3.8, 4) is 0 Å². The number of hydrogen-bond acceptors (Lipinski definition) is 5. The van der Waals surface area contributed by atoms with Crippen LogP contribution in [0, 0.1) is 0 Å². The number of sulfonamides is 1. The summed E-state index contributed by atoms with van der Waals surface area (Å²) in [6.07, 6.45) is 3.47. The molecule has 0 spiro atoms. The Hall–Kier alpha value is -2.94. The number of halogens is 1. The predicted molar refractivity (Wildman–Crippen MR) is 125 cm³/mol. The molecule has 0 radical (unpaired) electrons. The molecular weight excluding hydrogens is 448 g/mol. The number of benzene rings is 2. The van der Waals surface area contributed by atoms with Crippen molar-refractivity contribution < 1.29 is 13.2 Å². The first-order chi connectivity index (χ1) is 15.4. The van der Waals surface area contributed by atoms with Crippen molar-refractivity contribution in [1.82, 2.24) is 14.2 Å². The van der Waals surface area contributed by atoms with E-state index < -0.39 is 10.0 Å². The van der Waals surface area contributed by atoms with Crippen molar-refractivity contribution in [1.29, 1.82) is 0 Å². The summed E-state index contributed by atoms with van der Waals surface area (Å²) in [4.78, 5) is 20.9. The van der Waals surface area contributed by atoms with Gasteiger partial charge in [0.1, 0.15) is 0 Å². The van der Waals surface area contributed by atoms with E-state index in [2.05, 4.69) is 4.98 Å². The Labute approximate surface area is 192 Å². The van der Waals surface area contributed by atoms with Gasteiger partial charge in [-0.05, 0) is 60.7 Å². The quantitative estimate of drug-likeness (QED) is 0.569. The Bertz CT molecular complexity index is 1180. The van der Waals surface area contributed by atoms with E-state index in [0.29, 0.717) is 23.7 Å². The van der Waals surface area contributed by atoms with Gasteiger partial charge >= 0.3 is 0 Å². The smallest absolute Gasteiger partial charge is 0.253 e. The van der Waals surface area contributed by atoms with Gasteiger partial charge in [0.15, 0.2) is 0 Å². The molecule has 0 unspecified atom stereocenters. The molecule has 1 saturated heterocycles. The molecule has 166 valence electrons. The summed E-state index contributed by atoms with van der Waals surface area (Å²) in [5.41, 5.74) is 2.52. The summed E-state index contributed by atoms with van der Waals surface area (Å²) >= 11 is 5.86. The highest BCUT2D eigenvalue weighted by molar-refractivity contribution is 7.89. The van der Waals surface area contributed by atoms with Crippen LogP contribution >= 0.6 is 11.6 Å². The minimum Gasteiger partial charge on any atom is -0.345 e. The van der Waals surface area contributed by atoms with Crippen LogP contribution in [0.5, 0.6) is 0 Å². The van der Waals surface area contributed by atoms with Gasteiger partial charge in [0, 0.05) is 67.6 Å². The fraction of sp³-hybridized carbons (Fsp3) is 0.217. The second-order valence-electron chi connectivity index (χ2n) is 7.46. The zero-order chi connectivity index (χ0) is 22.7. The standard InChI is InChI=1S/C23H23ClN4O3S/c1-26(21-10-12-25-13-11-21)20-6-2-18(3-7-20)23(29)27-14-16-28(17-15-27)32(30,31)22-8-4-19(24)5-9-22/h2-13H,14-17H2,1H3. The Morgan fingerprint density at radius 2 is 1.44 bits per heavy atom. The number of rotatable bonds is 5. The molecule has 1 aliphatic heterocycles. The van der Waals surface area contributed by atoms with Crippen LogP contribution < -0.4 is 4.90 Å². The number of piperazine rings is 1. The normalized spacial score (nSPS) is 14.9. The number of aromatic nitrogens is 1. The molecule has 3 aromatic rings. The van der Waals surface area contributed by atoms with Crippen LogP contribution in [-0.4, -0.2) is 61.7 Å². The van der Waals surface area contributed by atoms with Crippen molar-refractivity contribution >= 4 is 38.9 Å². The van der Waals surface area contributed by atoms with E-state index in [0.717, 1.165) is 11.4 Å². The summed E-state index contributed by atoms with van der Waals surface area (Å²) in [7, 11) is -1.66. The number of carbonyl (C=O) groups is 1. The number of pyridine rings is 1. The Kier molecular flexibility index (Phi) is 6.45. The van der Waals surface area contributed by atoms with Gasteiger partial charge in [-0.1, -0.05) is 11.6 Å². The second kappa shape index (κ2) is 9.28. The third-order valence-corrected chi connectivity index (χ3v) is 7.69. The van der Waals surface area contributed by atoms with Crippen LogP contribution in [0.4, 0.5) is 11.4 Å². The van der Waals surface area contributed by atoms with E-state index >= 15 is 0 Å². The first-order valence-electron chi connectivity index (χ1n) is 10.1. The minimum absolute atomic E-state index is 0.105. The third kappa shape index (κ3) is 4.62. The summed E-state index contributed by atoms with van der Waals surface area (Å²) < 4.78 is 27.1. The summed E-state index contributed by atoms with van der Waals surface area (Å²) in [5.74, 6) is -0.105. The summed E-state index contributed by atoms with van der Waals surface area (Å²) in [5, 5.41) is 0.484. The SMILES string of the molecule is CN(c1ccncc1)c1ccc(C(=O)N2CCN(S(=O)(=O)c3ccc(Cl)cc3)CC2)cc1. The third-order valence-electron chi connectivity index (χ3n) is 5.53. The van der Waals surface area contributed by atoms with Gasteiger partial charge in [0.05, 0.1) is 4.90 Å². The zero-order valence-corrected chi connectivity index (χ0v) is 19.1. The van der Waals surface area contributed by atoms with Crippen molar-refractivity contribution in [2.24, 2.45) is 0 Å². The van der Waals surface area contributed by atoms with E-state index in [1.54, 1.807) is 41.6 Å². The molecule has 7 nitrogen and oxygen atoms in total. The van der Waals surface area contributed by atoms with Gasteiger partial charge in [-0.25, -0.2) is 8.42 Å². The molecular formula is C23H23ClN4O3S. The molecule has 2 heterocycles. The predicted octanol–water partition coefficient (Wildman–Crippen LogP) is 3.65. The van der Waals surface area contributed by atoms with E-state index in [9.17, 15) is 13.2 Å². The molecule has 1 aliphatic rings. The number of hydrogen-bond donors (Lipinski definition) is 0. The largest absolute Gasteiger partial charge is 0.345 e. The first-order valence-corrected chi connectivity index (χ1v) is 12.0. The molecule has 4 rings (SSSR count). The molecule has 1 aromatic heterocycles. The number of nitrogens with zero attached hydrogens (tertiary/aromatic N) is 4. The monoisotopic (exact) mass is 470 g/mol. The minimum atomic E-state index is -3.61. The average molecular weight is 471 g/mol. The molecule has 32 heavy (non-hydrogen) atoms. The maximum absolute atomic E-state index is 12.9. The molecule has 0 atom stereocenters. The highest BCUT2D eigenvalue weighted by atomic mass is 35.5. The van der Waals surface area contributed by atoms with Crippen LogP contribution in [0.15, 0.2) is 78.0 Å². The van der Waals surface area contributed by atoms with E-state index in [4.69, 9.17) is 11.6 Å². The fourth-order valence-corrected chi connectivity index (χ4v) is 5.16. The van der Waals surface area contributed by atoms with E-state index in [-0.39, 0.29) is 23.9 Å². The molecule has 0 aliphatic carbocycles. The molecule has 2 aromatic carbocycles. The zero-order valence-electron chi connectivity index (χ0n) is 17.6. The highest BCUT2D eigenvalue weighted by Crippen LogP contribution is 2.24. The average Bonchev–Trinajstić information content (AvgIpc) is 2.84. The molecule has 0 bridgehead atoms. The van der Waals surface area contributed by atoms with Crippen molar-refractivity contribution in [2.45, 2.75) is 4.90 Å². The second-order valence-corrected chi connectivity index (χ2v) is 9.84. The fourth-order valence-electron chi connectivity index (χ4n) is 3.61. The number of amides is 1. The molecule has 1 fully saturated rings. The maximum Gasteiger partial charge on any atom is 0.253 e. The lowest BCUT2D eigenvalue weighted by Crippen LogP contribution is -2.50. The topological polar surface area (TPSA) is 73.8 Å². The van der Waals surface area contributed by atoms with Gasteiger partial charge in [-0.2, -0.15) is 4.31 Å². The van der Waals surface area contributed by atoms with E-state index in [1.807, 2.05) is 36.2 Å². The molecule has 0 N–H and O–H groups in total. The van der Waals surface area contributed by atoms with Gasteiger partial charge in [-0.3, -0.25) is 9.78 Å². The van der Waals surface area contributed by atoms with Crippen LogP contribution in [0.2, 0.25) is 5.02 Å². The Balaban J connectivity index is 1.39. The summed E-state index contributed by atoms with van der Waals surface area (Å²) in [6, 6.07) is 17.3. The number of anilines is 2. The van der Waals surface area contributed by atoms with Crippen molar-refractivity contribution in [3.63, 3.8) is 0 Å². The van der Waals surface area contributed by atoms with Crippen molar-refractivity contribution in [2.75, 3.05) is 38.1 Å². The van der Waals surface area contributed by atoms with Crippen LogP contribution in [0.3, 0.4) is 0 Å². The van der Waals surface area contributed by atoms with Crippen molar-refractivity contribution in [3.05, 3.63) is 83.6 Å². The lowest BCUT2D eigenvalue weighted by atomic mass is 10.1.